The Hall–Kier alpha value is -1.50. The minimum Gasteiger partial charge on any atom is -0.392 e. The number of hydrogen-bond acceptors (Lipinski definition) is 4. The molecule has 0 spiro atoms. The maximum Gasteiger partial charge on any atom is 0.234 e. The average Bonchev–Trinajstić information content (AvgIpc) is 2.55. The number of nitrogens with zero attached hydrogens (tertiary/aromatic N) is 1. The van der Waals surface area contributed by atoms with Gasteiger partial charge >= 0.3 is 0 Å². The maximum absolute atomic E-state index is 13.5. The van der Waals surface area contributed by atoms with Crippen LogP contribution in [0, 0.1) is 11.7 Å². The molecule has 0 aliphatic carbocycles. The van der Waals surface area contributed by atoms with E-state index in [0.29, 0.717) is 11.5 Å². The van der Waals surface area contributed by atoms with Crippen LogP contribution in [-0.2, 0) is 11.3 Å². The molecule has 1 fully saturated rings. The minimum atomic E-state index is -0.297. The van der Waals surface area contributed by atoms with Gasteiger partial charge < -0.3 is 20.6 Å². The van der Waals surface area contributed by atoms with Crippen molar-refractivity contribution in [2.45, 2.75) is 32.4 Å². The minimum absolute atomic E-state index is 0.121. The first-order valence-corrected chi connectivity index (χ1v) is 8.66. The molecule has 0 radical (unpaired) electrons. The van der Waals surface area contributed by atoms with Crippen molar-refractivity contribution < 1.29 is 14.3 Å². The summed E-state index contributed by atoms with van der Waals surface area (Å²) in [5, 5.41) is 15.3. The summed E-state index contributed by atoms with van der Waals surface area (Å²) < 4.78 is 13.5. The number of halogens is 1. The molecule has 6 heteroatoms. The third kappa shape index (κ3) is 6.55. The number of likely N-dealkylation sites (tertiary alicyclic amines) is 1. The molecular formula is C18H28FN3O2. The first-order valence-electron chi connectivity index (χ1n) is 8.66. The molecule has 1 aromatic rings. The highest BCUT2D eigenvalue weighted by molar-refractivity contribution is 5.77. The van der Waals surface area contributed by atoms with E-state index in [1.807, 2.05) is 6.92 Å². The summed E-state index contributed by atoms with van der Waals surface area (Å²) in [6.45, 7) is 5.82. The maximum atomic E-state index is 13.5. The lowest BCUT2D eigenvalue weighted by Crippen LogP contribution is -2.41. The van der Waals surface area contributed by atoms with Gasteiger partial charge in [-0.25, -0.2) is 4.39 Å². The topological polar surface area (TPSA) is 64.6 Å². The van der Waals surface area contributed by atoms with E-state index in [9.17, 15) is 14.3 Å². The number of aliphatic hydroxyl groups is 1. The van der Waals surface area contributed by atoms with E-state index in [1.165, 1.54) is 6.07 Å². The van der Waals surface area contributed by atoms with Crippen LogP contribution in [0.25, 0.3) is 0 Å². The Morgan fingerprint density at radius 1 is 1.38 bits per heavy atom. The predicted octanol–water partition coefficient (Wildman–Crippen LogP) is 1.12. The van der Waals surface area contributed by atoms with E-state index in [4.69, 9.17) is 0 Å². The zero-order valence-electron chi connectivity index (χ0n) is 14.3. The summed E-state index contributed by atoms with van der Waals surface area (Å²) in [5.74, 6) is 0.147. The Kier molecular flexibility index (Phi) is 7.62. The van der Waals surface area contributed by atoms with Gasteiger partial charge in [0.2, 0.25) is 5.91 Å². The summed E-state index contributed by atoms with van der Waals surface area (Å²) in [5.41, 5.74) is 0.497. The van der Waals surface area contributed by atoms with Crippen LogP contribution in [0.2, 0.25) is 0 Å². The fourth-order valence-electron chi connectivity index (χ4n) is 3.03. The van der Waals surface area contributed by atoms with Gasteiger partial charge in [0.1, 0.15) is 5.82 Å². The van der Waals surface area contributed by atoms with Crippen LogP contribution >= 0.6 is 0 Å². The number of β-amino-alcohol motifs (C(OH)–C–C–N with tert-alkyl or cyclic N) is 1. The number of amides is 1. The fourth-order valence-corrected chi connectivity index (χ4v) is 3.03. The van der Waals surface area contributed by atoms with Crippen molar-refractivity contribution in [3.63, 3.8) is 0 Å². The molecule has 1 heterocycles. The van der Waals surface area contributed by atoms with Gasteiger partial charge in [0, 0.05) is 18.7 Å². The molecule has 0 unspecified atom stereocenters. The first-order chi connectivity index (χ1) is 11.5. The van der Waals surface area contributed by atoms with E-state index in [1.54, 1.807) is 18.2 Å². The van der Waals surface area contributed by atoms with Gasteiger partial charge in [-0.2, -0.15) is 0 Å². The van der Waals surface area contributed by atoms with E-state index < -0.39 is 0 Å². The number of piperidine rings is 1. The van der Waals surface area contributed by atoms with E-state index in [0.717, 1.165) is 39.0 Å². The first kappa shape index (κ1) is 18.8. The number of benzene rings is 1. The summed E-state index contributed by atoms with van der Waals surface area (Å²) in [6, 6.07) is 6.45. The molecule has 1 amide bonds. The number of carbonyl (C=O) groups excluding carboxylic acids is 1. The molecule has 0 saturated carbocycles. The van der Waals surface area contributed by atoms with Crippen molar-refractivity contribution in [3.05, 3.63) is 35.6 Å². The van der Waals surface area contributed by atoms with Crippen LogP contribution < -0.4 is 10.6 Å². The van der Waals surface area contributed by atoms with E-state index >= 15 is 0 Å². The standard InChI is InChI=1S/C18H28FN3O2/c1-14(23)13-22-8-6-15(7-9-22)10-20-12-18(24)21-11-16-4-2-3-5-17(16)19/h2-5,14-15,20,23H,6-13H2,1H3,(H,21,24)/t14-/m1/s1. The third-order valence-corrected chi connectivity index (χ3v) is 4.38. The van der Waals surface area contributed by atoms with Crippen molar-refractivity contribution >= 4 is 5.91 Å². The van der Waals surface area contributed by atoms with Crippen LogP contribution in [0.5, 0.6) is 0 Å². The van der Waals surface area contributed by atoms with Crippen LogP contribution in [0.3, 0.4) is 0 Å². The smallest absolute Gasteiger partial charge is 0.234 e. The molecule has 1 aliphatic rings. The zero-order valence-corrected chi connectivity index (χ0v) is 14.3. The summed E-state index contributed by atoms with van der Waals surface area (Å²) in [4.78, 5) is 14.1. The lowest BCUT2D eigenvalue weighted by molar-refractivity contribution is -0.120. The monoisotopic (exact) mass is 337 g/mol. The largest absolute Gasteiger partial charge is 0.392 e. The molecule has 1 saturated heterocycles. The molecule has 1 aliphatic heterocycles. The van der Waals surface area contributed by atoms with Gasteiger partial charge in [-0.05, 0) is 51.4 Å². The Balaban J connectivity index is 1.57. The van der Waals surface area contributed by atoms with E-state index in [2.05, 4.69) is 15.5 Å². The lowest BCUT2D eigenvalue weighted by atomic mass is 9.96. The van der Waals surface area contributed by atoms with Gasteiger partial charge in [-0.3, -0.25) is 4.79 Å². The van der Waals surface area contributed by atoms with Crippen molar-refractivity contribution in [1.29, 1.82) is 0 Å². The molecule has 0 bridgehead atoms. The average molecular weight is 337 g/mol. The molecule has 3 N–H and O–H groups in total. The summed E-state index contributed by atoms with van der Waals surface area (Å²) in [6.07, 6.45) is 1.88. The second-order valence-corrected chi connectivity index (χ2v) is 6.59. The summed E-state index contributed by atoms with van der Waals surface area (Å²) >= 11 is 0. The number of nitrogens with one attached hydrogen (secondary N) is 2. The SMILES string of the molecule is C[C@@H](O)CN1CCC(CNCC(=O)NCc2ccccc2F)CC1. The molecule has 2 rings (SSSR count). The number of aliphatic hydroxyl groups excluding tert-OH is 1. The van der Waals surface area contributed by atoms with Crippen LogP contribution in [0.4, 0.5) is 4.39 Å². The van der Waals surface area contributed by atoms with Gasteiger partial charge in [0.25, 0.3) is 0 Å². The van der Waals surface area contributed by atoms with Crippen molar-refractivity contribution in [1.82, 2.24) is 15.5 Å². The van der Waals surface area contributed by atoms with Crippen LogP contribution in [0.1, 0.15) is 25.3 Å². The number of rotatable bonds is 8. The van der Waals surface area contributed by atoms with Gasteiger partial charge in [-0.15, -0.1) is 0 Å². The normalized spacial score (nSPS) is 17.6. The second kappa shape index (κ2) is 9.71. The second-order valence-electron chi connectivity index (χ2n) is 6.59. The Morgan fingerprint density at radius 2 is 2.08 bits per heavy atom. The molecular weight excluding hydrogens is 309 g/mol. The zero-order chi connectivity index (χ0) is 17.4. The van der Waals surface area contributed by atoms with Crippen LogP contribution in [-0.4, -0.2) is 54.7 Å². The van der Waals surface area contributed by atoms with Gasteiger partial charge in [-0.1, -0.05) is 18.2 Å². The molecule has 134 valence electrons. The molecule has 5 nitrogen and oxygen atoms in total. The Bertz CT molecular complexity index is 517. The number of carbonyl (C=O) groups is 1. The summed E-state index contributed by atoms with van der Waals surface area (Å²) in [7, 11) is 0. The Labute approximate surface area is 143 Å². The number of hydrogen-bond donors (Lipinski definition) is 3. The van der Waals surface area contributed by atoms with Crippen molar-refractivity contribution in [3.8, 4) is 0 Å². The molecule has 24 heavy (non-hydrogen) atoms. The molecule has 0 aromatic heterocycles. The van der Waals surface area contributed by atoms with Crippen molar-refractivity contribution in [2.24, 2.45) is 5.92 Å². The van der Waals surface area contributed by atoms with E-state index in [-0.39, 0.29) is 30.9 Å². The molecule has 1 aromatic carbocycles. The highest BCUT2D eigenvalue weighted by Crippen LogP contribution is 2.16. The van der Waals surface area contributed by atoms with Crippen LogP contribution in [0.15, 0.2) is 24.3 Å². The lowest BCUT2D eigenvalue weighted by Gasteiger charge is -2.32. The Morgan fingerprint density at radius 3 is 2.75 bits per heavy atom. The quantitative estimate of drug-likeness (QED) is 0.665. The highest BCUT2D eigenvalue weighted by atomic mass is 19.1. The highest BCUT2D eigenvalue weighted by Gasteiger charge is 2.19. The molecule has 1 atom stereocenters. The van der Waals surface area contributed by atoms with Crippen molar-refractivity contribution in [2.75, 3.05) is 32.7 Å². The van der Waals surface area contributed by atoms with Gasteiger partial charge in [0.15, 0.2) is 0 Å². The predicted molar refractivity (Wildman–Crippen MR) is 92.0 cm³/mol. The fraction of sp³-hybridized carbons (Fsp3) is 0.611. The van der Waals surface area contributed by atoms with Gasteiger partial charge in [0.05, 0.1) is 12.6 Å². The third-order valence-electron chi connectivity index (χ3n) is 4.38.